The number of hydrogen-bond donors (Lipinski definition) is 3. The summed E-state index contributed by atoms with van der Waals surface area (Å²) in [5, 5.41) is 6.23. The van der Waals surface area contributed by atoms with Gasteiger partial charge < -0.3 is 16.4 Å². The maximum absolute atomic E-state index is 13.2. The standard InChI is InChI=1S/C28H39N3O2/c1-19(2)23-15-14-20(3)16-24(23)27(32)30-18-26(22-12-8-5-9-13-22)31-28(33)25(29)17-21-10-6-4-7-11-21/h4-13,19-20,23-26H,14-18,29H2,1-3H3,(H,30,32)(H,31,33)/t20-,23+,24-,25-,26-/m1/s1. The van der Waals surface area contributed by atoms with E-state index in [0.717, 1.165) is 24.0 Å². The van der Waals surface area contributed by atoms with Crippen LogP contribution in [-0.2, 0) is 16.0 Å². The largest absolute Gasteiger partial charge is 0.353 e. The summed E-state index contributed by atoms with van der Waals surface area (Å²) in [6, 6.07) is 18.6. The number of nitrogens with one attached hydrogen (secondary N) is 2. The van der Waals surface area contributed by atoms with Crippen LogP contribution in [0.1, 0.15) is 57.2 Å². The first-order valence-electron chi connectivity index (χ1n) is 12.3. The van der Waals surface area contributed by atoms with Gasteiger partial charge in [0.1, 0.15) is 0 Å². The minimum absolute atomic E-state index is 0.0289. The molecular formula is C28H39N3O2. The highest BCUT2D eigenvalue weighted by Gasteiger charge is 2.35. The lowest BCUT2D eigenvalue weighted by atomic mass is 9.70. The Morgan fingerprint density at radius 1 is 1.00 bits per heavy atom. The van der Waals surface area contributed by atoms with Gasteiger partial charge in [-0.2, -0.15) is 0 Å². The molecule has 4 N–H and O–H groups in total. The Hall–Kier alpha value is -2.66. The predicted molar refractivity (Wildman–Crippen MR) is 133 cm³/mol. The monoisotopic (exact) mass is 449 g/mol. The molecule has 0 aliphatic heterocycles. The molecule has 0 heterocycles. The molecule has 5 atom stereocenters. The Labute approximate surface area is 198 Å². The molecule has 0 aromatic heterocycles. The topological polar surface area (TPSA) is 84.2 Å². The number of carbonyl (C=O) groups is 2. The molecule has 2 aromatic rings. The first-order chi connectivity index (χ1) is 15.8. The van der Waals surface area contributed by atoms with Crippen molar-refractivity contribution in [2.45, 2.75) is 58.5 Å². The van der Waals surface area contributed by atoms with Gasteiger partial charge >= 0.3 is 0 Å². The maximum Gasteiger partial charge on any atom is 0.237 e. The lowest BCUT2D eigenvalue weighted by Crippen LogP contribution is -2.47. The van der Waals surface area contributed by atoms with Crippen LogP contribution in [0.3, 0.4) is 0 Å². The van der Waals surface area contributed by atoms with Crippen molar-refractivity contribution in [2.24, 2.45) is 29.4 Å². The SMILES string of the molecule is CC(C)[C@@H]1CC[C@@H](C)C[C@H]1C(=O)NC[C@@H](NC(=O)[C@H](N)Cc1ccccc1)c1ccccc1. The molecule has 2 amide bonds. The zero-order valence-electron chi connectivity index (χ0n) is 20.2. The predicted octanol–water partition coefficient (Wildman–Crippen LogP) is 4.24. The molecule has 0 saturated heterocycles. The average Bonchev–Trinajstić information content (AvgIpc) is 2.82. The summed E-state index contributed by atoms with van der Waals surface area (Å²) in [6.45, 7) is 7.00. The minimum atomic E-state index is -0.654. The Morgan fingerprint density at radius 2 is 1.64 bits per heavy atom. The first kappa shape index (κ1) is 25.0. The van der Waals surface area contributed by atoms with Gasteiger partial charge in [0.25, 0.3) is 0 Å². The van der Waals surface area contributed by atoms with E-state index in [0.29, 0.717) is 30.7 Å². The number of hydrogen-bond acceptors (Lipinski definition) is 3. The minimum Gasteiger partial charge on any atom is -0.353 e. The van der Waals surface area contributed by atoms with Gasteiger partial charge in [0.05, 0.1) is 12.1 Å². The summed E-state index contributed by atoms with van der Waals surface area (Å²) in [5.41, 5.74) is 8.19. The van der Waals surface area contributed by atoms with Crippen molar-refractivity contribution >= 4 is 11.8 Å². The molecule has 0 unspecified atom stereocenters. The van der Waals surface area contributed by atoms with E-state index in [-0.39, 0.29) is 23.8 Å². The van der Waals surface area contributed by atoms with Gasteiger partial charge in [-0.3, -0.25) is 9.59 Å². The van der Waals surface area contributed by atoms with Gasteiger partial charge in [-0.25, -0.2) is 0 Å². The molecule has 1 saturated carbocycles. The van der Waals surface area contributed by atoms with Crippen LogP contribution in [0.4, 0.5) is 0 Å². The van der Waals surface area contributed by atoms with E-state index in [1.54, 1.807) is 0 Å². The van der Waals surface area contributed by atoms with E-state index in [2.05, 4.69) is 31.4 Å². The number of benzene rings is 2. The Bertz CT molecular complexity index is 885. The molecule has 1 fully saturated rings. The van der Waals surface area contributed by atoms with Crippen LogP contribution >= 0.6 is 0 Å². The van der Waals surface area contributed by atoms with E-state index in [9.17, 15) is 9.59 Å². The second kappa shape index (κ2) is 12.0. The molecule has 1 aliphatic carbocycles. The quantitative estimate of drug-likeness (QED) is 0.535. The Balaban J connectivity index is 1.66. The maximum atomic E-state index is 13.2. The summed E-state index contributed by atoms with van der Waals surface area (Å²) >= 11 is 0. The summed E-state index contributed by atoms with van der Waals surface area (Å²) in [5.74, 6) is 1.37. The van der Waals surface area contributed by atoms with Gasteiger partial charge in [-0.1, -0.05) is 87.9 Å². The third-order valence-corrected chi connectivity index (χ3v) is 6.99. The highest BCUT2D eigenvalue weighted by atomic mass is 16.2. The van der Waals surface area contributed by atoms with Crippen LogP contribution < -0.4 is 16.4 Å². The third kappa shape index (κ3) is 7.16. The average molecular weight is 450 g/mol. The zero-order chi connectivity index (χ0) is 23.8. The molecule has 3 rings (SSSR count). The Kier molecular flexibility index (Phi) is 9.07. The molecule has 0 spiro atoms. The molecule has 0 bridgehead atoms. The van der Waals surface area contributed by atoms with Crippen LogP contribution in [0.25, 0.3) is 0 Å². The molecule has 5 heteroatoms. The first-order valence-corrected chi connectivity index (χ1v) is 12.3. The molecule has 1 aliphatic rings. The second-order valence-corrected chi connectivity index (χ2v) is 9.95. The van der Waals surface area contributed by atoms with Crippen molar-refractivity contribution in [3.8, 4) is 0 Å². The molecule has 5 nitrogen and oxygen atoms in total. The van der Waals surface area contributed by atoms with Crippen LogP contribution in [0.2, 0.25) is 0 Å². The van der Waals surface area contributed by atoms with E-state index >= 15 is 0 Å². The van der Waals surface area contributed by atoms with E-state index < -0.39 is 6.04 Å². The molecular weight excluding hydrogens is 410 g/mol. The number of carbonyl (C=O) groups excluding carboxylic acids is 2. The van der Waals surface area contributed by atoms with Crippen LogP contribution in [0, 0.1) is 23.7 Å². The molecule has 2 aromatic carbocycles. The highest BCUT2D eigenvalue weighted by molar-refractivity contribution is 5.82. The van der Waals surface area contributed by atoms with Gasteiger partial charge in [0, 0.05) is 12.5 Å². The fraction of sp³-hybridized carbons (Fsp3) is 0.500. The third-order valence-electron chi connectivity index (χ3n) is 6.99. The lowest BCUT2D eigenvalue weighted by molar-refractivity contribution is -0.130. The van der Waals surface area contributed by atoms with Crippen molar-refractivity contribution in [1.82, 2.24) is 10.6 Å². The molecule has 178 valence electrons. The lowest BCUT2D eigenvalue weighted by Gasteiger charge is -2.36. The van der Waals surface area contributed by atoms with Crippen molar-refractivity contribution in [3.63, 3.8) is 0 Å². The van der Waals surface area contributed by atoms with E-state index in [1.165, 1.54) is 6.42 Å². The Morgan fingerprint density at radius 3 is 2.27 bits per heavy atom. The van der Waals surface area contributed by atoms with Crippen molar-refractivity contribution < 1.29 is 9.59 Å². The van der Waals surface area contributed by atoms with Gasteiger partial charge in [-0.05, 0) is 48.1 Å². The van der Waals surface area contributed by atoms with Crippen LogP contribution in [0.5, 0.6) is 0 Å². The van der Waals surface area contributed by atoms with Gasteiger partial charge in [-0.15, -0.1) is 0 Å². The smallest absolute Gasteiger partial charge is 0.237 e. The number of rotatable bonds is 9. The van der Waals surface area contributed by atoms with Crippen LogP contribution in [-0.4, -0.2) is 24.4 Å². The van der Waals surface area contributed by atoms with Crippen LogP contribution in [0.15, 0.2) is 60.7 Å². The summed E-state index contributed by atoms with van der Waals surface area (Å²) in [4.78, 5) is 26.1. The highest BCUT2D eigenvalue weighted by Crippen LogP contribution is 2.38. The summed E-state index contributed by atoms with van der Waals surface area (Å²) in [6.07, 6.45) is 3.69. The number of amides is 2. The number of nitrogens with two attached hydrogens (primary N) is 1. The fourth-order valence-corrected chi connectivity index (χ4v) is 5.01. The van der Waals surface area contributed by atoms with Gasteiger partial charge in [0.2, 0.25) is 11.8 Å². The molecule has 33 heavy (non-hydrogen) atoms. The molecule has 0 radical (unpaired) electrons. The summed E-state index contributed by atoms with van der Waals surface area (Å²) in [7, 11) is 0. The van der Waals surface area contributed by atoms with E-state index in [4.69, 9.17) is 5.73 Å². The summed E-state index contributed by atoms with van der Waals surface area (Å²) < 4.78 is 0. The van der Waals surface area contributed by atoms with Crippen molar-refractivity contribution in [2.75, 3.05) is 6.54 Å². The zero-order valence-corrected chi connectivity index (χ0v) is 20.2. The van der Waals surface area contributed by atoms with Crippen molar-refractivity contribution in [1.29, 1.82) is 0 Å². The normalized spacial score (nSPS) is 22.4. The van der Waals surface area contributed by atoms with Crippen molar-refractivity contribution in [3.05, 3.63) is 71.8 Å². The van der Waals surface area contributed by atoms with Gasteiger partial charge in [0.15, 0.2) is 0 Å². The second-order valence-electron chi connectivity index (χ2n) is 9.95. The van der Waals surface area contributed by atoms with E-state index in [1.807, 2.05) is 60.7 Å². The fourth-order valence-electron chi connectivity index (χ4n) is 5.01.